The second kappa shape index (κ2) is 9.81. The summed E-state index contributed by atoms with van der Waals surface area (Å²) in [5.74, 6) is 0.947. The van der Waals surface area contributed by atoms with Crippen LogP contribution in [-0.4, -0.2) is 22.4 Å². The average Bonchev–Trinajstić information content (AvgIpc) is 2.96. The van der Waals surface area contributed by atoms with E-state index in [1.165, 1.54) is 17.3 Å². The largest absolute Gasteiger partial charge is 0.318 e. The van der Waals surface area contributed by atoms with Gasteiger partial charge in [-0.1, -0.05) is 41.4 Å². The standard InChI is InChI=1S/C23H24ClN3OS/c1-16-7-9-22(10-8-16)27-17(2)11-20(18(27)3)13-25-26-23(28)15-29-14-19-5-4-6-21(24)12-19/h4-13H,14-15H2,1-3H3,(H,26,28)/b25-13-. The van der Waals surface area contributed by atoms with Gasteiger partial charge in [0.05, 0.1) is 12.0 Å². The maximum absolute atomic E-state index is 12.0. The number of nitrogens with one attached hydrogen (secondary N) is 1. The summed E-state index contributed by atoms with van der Waals surface area (Å²) < 4.78 is 2.18. The van der Waals surface area contributed by atoms with Gasteiger partial charge in [0.25, 0.3) is 0 Å². The molecule has 29 heavy (non-hydrogen) atoms. The summed E-state index contributed by atoms with van der Waals surface area (Å²) in [6.45, 7) is 6.19. The molecule has 0 bridgehead atoms. The molecular weight excluding hydrogens is 402 g/mol. The zero-order valence-corrected chi connectivity index (χ0v) is 18.3. The minimum atomic E-state index is -0.124. The molecule has 1 amide bonds. The van der Waals surface area contributed by atoms with Gasteiger partial charge >= 0.3 is 0 Å². The van der Waals surface area contributed by atoms with Crippen molar-refractivity contribution in [2.45, 2.75) is 26.5 Å². The van der Waals surface area contributed by atoms with Crippen molar-refractivity contribution in [3.05, 3.63) is 87.7 Å². The van der Waals surface area contributed by atoms with Crippen LogP contribution in [0.1, 0.15) is 28.1 Å². The number of aryl methyl sites for hydroxylation is 2. The lowest BCUT2D eigenvalue weighted by Gasteiger charge is -2.09. The number of carbonyl (C=O) groups is 1. The molecule has 0 aliphatic carbocycles. The molecule has 0 fully saturated rings. The lowest BCUT2D eigenvalue weighted by atomic mass is 10.2. The molecule has 0 saturated carbocycles. The van der Waals surface area contributed by atoms with E-state index >= 15 is 0 Å². The molecule has 6 heteroatoms. The highest BCUT2D eigenvalue weighted by Crippen LogP contribution is 2.20. The van der Waals surface area contributed by atoms with Gasteiger partial charge in [0.2, 0.25) is 5.91 Å². The predicted molar refractivity (Wildman–Crippen MR) is 123 cm³/mol. The number of rotatable bonds is 7. The van der Waals surface area contributed by atoms with Crippen LogP contribution in [0.15, 0.2) is 59.7 Å². The number of hydrogen-bond acceptors (Lipinski definition) is 3. The van der Waals surface area contributed by atoms with E-state index in [2.05, 4.69) is 66.2 Å². The van der Waals surface area contributed by atoms with Gasteiger partial charge in [0, 0.05) is 33.4 Å². The van der Waals surface area contributed by atoms with Gasteiger partial charge in [-0.15, -0.1) is 11.8 Å². The van der Waals surface area contributed by atoms with Crippen molar-refractivity contribution in [3.8, 4) is 5.69 Å². The third-order valence-corrected chi connectivity index (χ3v) is 5.79. The molecule has 0 spiro atoms. The zero-order chi connectivity index (χ0) is 20.8. The highest BCUT2D eigenvalue weighted by atomic mass is 35.5. The minimum absolute atomic E-state index is 0.124. The van der Waals surface area contributed by atoms with Gasteiger partial charge in [-0.25, -0.2) is 5.43 Å². The first-order valence-corrected chi connectivity index (χ1v) is 10.9. The van der Waals surface area contributed by atoms with E-state index in [0.717, 1.165) is 34.0 Å². The highest BCUT2D eigenvalue weighted by molar-refractivity contribution is 7.99. The van der Waals surface area contributed by atoms with Crippen LogP contribution in [0.3, 0.4) is 0 Å². The van der Waals surface area contributed by atoms with E-state index in [0.29, 0.717) is 10.8 Å². The summed E-state index contributed by atoms with van der Waals surface area (Å²) in [5, 5.41) is 4.84. The molecular formula is C23H24ClN3OS. The van der Waals surface area contributed by atoms with Crippen LogP contribution in [0.2, 0.25) is 5.02 Å². The maximum atomic E-state index is 12.0. The Balaban J connectivity index is 1.55. The molecule has 4 nitrogen and oxygen atoms in total. The number of hydrazone groups is 1. The molecule has 0 aliphatic heterocycles. The summed E-state index contributed by atoms with van der Waals surface area (Å²) in [6.07, 6.45) is 1.70. The fourth-order valence-electron chi connectivity index (χ4n) is 3.10. The fourth-order valence-corrected chi connectivity index (χ4v) is 4.08. The van der Waals surface area contributed by atoms with Crippen molar-refractivity contribution in [2.24, 2.45) is 5.10 Å². The van der Waals surface area contributed by atoms with Crippen LogP contribution in [0.4, 0.5) is 0 Å². The average molecular weight is 426 g/mol. The van der Waals surface area contributed by atoms with Crippen molar-refractivity contribution >= 4 is 35.5 Å². The lowest BCUT2D eigenvalue weighted by molar-refractivity contribution is -0.118. The van der Waals surface area contributed by atoms with E-state index in [-0.39, 0.29) is 5.91 Å². The van der Waals surface area contributed by atoms with E-state index in [1.54, 1.807) is 6.21 Å². The van der Waals surface area contributed by atoms with Crippen LogP contribution < -0.4 is 5.43 Å². The van der Waals surface area contributed by atoms with Gasteiger partial charge in [0.1, 0.15) is 0 Å². The van der Waals surface area contributed by atoms with E-state index in [4.69, 9.17) is 11.6 Å². The van der Waals surface area contributed by atoms with Crippen LogP contribution in [0, 0.1) is 20.8 Å². The Hall–Kier alpha value is -2.50. The Morgan fingerprint density at radius 2 is 1.90 bits per heavy atom. The third kappa shape index (κ3) is 5.75. The van der Waals surface area contributed by atoms with Crippen LogP contribution in [0.25, 0.3) is 5.69 Å². The Kier molecular flexibility index (Phi) is 7.18. The summed E-state index contributed by atoms with van der Waals surface area (Å²) in [5.41, 5.74) is 9.24. The number of carbonyl (C=O) groups excluding carboxylic acids is 1. The maximum Gasteiger partial charge on any atom is 0.250 e. The van der Waals surface area contributed by atoms with E-state index < -0.39 is 0 Å². The second-order valence-electron chi connectivity index (χ2n) is 6.91. The number of nitrogens with zero attached hydrogens (tertiary/aromatic N) is 2. The smallest absolute Gasteiger partial charge is 0.250 e. The van der Waals surface area contributed by atoms with E-state index in [1.807, 2.05) is 24.3 Å². The molecule has 3 aromatic rings. The van der Waals surface area contributed by atoms with Crippen molar-refractivity contribution in [1.29, 1.82) is 0 Å². The summed E-state index contributed by atoms with van der Waals surface area (Å²) in [7, 11) is 0. The molecule has 150 valence electrons. The normalized spacial score (nSPS) is 11.2. The van der Waals surface area contributed by atoms with Crippen molar-refractivity contribution in [2.75, 3.05) is 5.75 Å². The first kappa shape index (κ1) is 21.2. The number of halogens is 1. The first-order chi connectivity index (χ1) is 13.9. The fraction of sp³-hybridized carbons (Fsp3) is 0.217. The number of benzene rings is 2. The van der Waals surface area contributed by atoms with E-state index in [9.17, 15) is 4.79 Å². The van der Waals surface area contributed by atoms with Gasteiger partial charge in [-0.05, 0) is 56.7 Å². The molecule has 1 heterocycles. The van der Waals surface area contributed by atoms with Gasteiger partial charge in [-0.2, -0.15) is 5.10 Å². The molecule has 0 saturated heterocycles. The Morgan fingerprint density at radius 1 is 1.14 bits per heavy atom. The molecule has 2 aromatic carbocycles. The summed E-state index contributed by atoms with van der Waals surface area (Å²) in [4.78, 5) is 12.0. The zero-order valence-electron chi connectivity index (χ0n) is 16.8. The first-order valence-electron chi connectivity index (χ1n) is 9.34. The number of thioether (sulfide) groups is 1. The number of amides is 1. The molecule has 3 rings (SSSR count). The van der Waals surface area contributed by atoms with Crippen molar-refractivity contribution < 1.29 is 4.79 Å². The monoisotopic (exact) mass is 425 g/mol. The third-order valence-electron chi connectivity index (χ3n) is 4.55. The van der Waals surface area contributed by atoms with Gasteiger partial charge < -0.3 is 4.57 Å². The van der Waals surface area contributed by atoms with Crippen molar-refractivity contribution in [1.82, 2.24) is 9.99 Å². The summed E-state index contributed by atoms with van der Waals surface area (Å²) >= 11 is 7.50. The minimum Gasteiger partial charge on any atom is -0.318 e. The SMILES string of the molecule is Cc1ccc(-n2c(C)cc(/C=N\NC(=O)CSCc3cccc(Cl)c3)c2C)cc1. The van der Waals surface area contributed by atoms with Gasteiger partial charge in [-0.3, -0.25) is 4.79 Å². The Bertz CT molecular complexity index is 1030. The molecule has 0 radical (unpaired) electrons. The Labute approximate surface area is 181 Å². The second-order valence-corrected chi connectivity index (χ2v) is 8.34. The van der Waals surface area contributed by atoms with Crippen LogP contribution in [-0.2, 0) is 10.5 Å². The van der Waals surface area contributed by atoms with Crippen LogP contribution in [0.5, 0.6) is 0 Å². The molecule has 1 N–H and O–H groups in total. The topological polar surface area (TPSA) is 46.4 Å². The molecule has 0 unspecified atom stereocenters. The molecule has 0 atom stereocenters. The summed E-state index contributed by atoms with van der Waals surface area (Å²) in [6, 6.07) is 18.1. The number of hydrogen-bond donors (Lipinski definition) is 1. The van der Waals surface area contributed by atoms with Crippen LogP contribution >= 0.6 is 23.4 Å². The quantitative estimate of drug-likeness (QED) is 0.404. The predicted octanol–water partition coefficient (Wildman–Crippen LogP) is 5.44. The highest BCUT2D eigenvalue weighted by Gasteiger charge is 2.09. The lowest BCUT2D eigenvalue weighted by Crippen LogP contribution is -2.19. The Morgan fingerprint density at radius 3 is 2.62 bits per heavy atom. The molecule has 0 aliphatic rings. The van der Waals surface area contributed by atoms with Crippen molar-refractivity contribution in [3.63, 3.8) is 0 Å². The molecule has 1 aromatic heterocycles. The number of aromatic nitrogens is 1. The van der Waals surface area contributed by atoms with Gasteiger partial charge in [0.15, 0.2) is 0 Å².